The van der Waals surface area contributed by atoms with Crippen LogP contribution in [0, 0.1) is 5.92 Å². The highest BCUT2D eigenvalue weighted by atomic mass is 16.5. The van der Waals surface area contributed by atoms with Crippen molar-refractivity contribution in [2.75, 3.05) is 33.4 Å². The maximum atomic E-state index is 9.15. The van der Waals surface area contributed by atoms with Crippen molar-refractivity contribution in [1.82, 2.24) is 4.90 Å². The van der Waals surface area contributed by atoms with Gasteiger partial charge in [-0.3, -0.25) is 4.90 Å². The summed E-state index contributed by atoms with van der Waals surface area (Å²) < 4.78 is 5.18. The number of hydrogen-bond donors (Lipinski definition) is 2. The summed E-state index contributed by atoms with van der Waals surface area (Å²) >= 11 is 0. The van der Waals surface area contributed by atoms with Gasteiger partial charge >= 0.3 is 0 Å². The molecule has 0 bridgehead atoms. The van der Waals surface area contributed by atoms with Crippen LogP contribution in [-0.4, -0.2) is 55.0 Å². The Balaban J connectivity index is 2.31. The number of hydrogen-bond acceptors (Lipinski definition) is 4. The van der Waals surface area contributed by atoms with Crippen LogP contribution in [-0.2, 0) is 4.74 Å². The Morgan fingerprint density at radius 3 is 2.61 bits per heavy atom. The molecule has 108 valence electrons. The lowest BCUT2D eigenvalue weighted by Gasteiger charge is -2.30. The standard InChI is InChI=1S/C14H30N2O2/c1-12(13-5-6-13)16(9-10-18-3)8-4-7-14(2,15)11-17/h12-13,17H,4-11,15H2,1-3H3. The summed E-state index contributed by atoms with van der Waals surface area (Å²) in [7, 11) is 1.75. The van der Waals surface area contributed by atoms with Gasteiger partial charge in [0.25, 0.3) is 0 Å². The van der Waals surface area contributed by atoms with E-state index in [1.165, 1.54) is 12.8 Å². The minimum Gasteiger partial charge on any atom is -0.394 e. The van der Waals surface area contributed by atoms with E-state index in [1.54, 1.807) is 7.11 Å². The monoisotopic (exact) mass is 258 g/mol. The third kappa shape index (κ3) is 5.65. The van der Waals surface area contributed by atoms with E-state index >= 15 is 0 Å². The summed E-state index contributed by atoms with van der Waals surface area (Å²) in [5.74, 6) is 0.879. The average molecular weight is 258 g/mol. The third-order valence-corrected chi connectivity index (χ3v) is 4.02. The molecule has 0 aromatic carbocycles. The second-order valence-corrected chi connectivity index (χ2v) is 6.02. The first-order valence-electron chi connectivity index (χ1n) is 7.13. The Morgan fingerprint density at radius 2 is 2.11 bits per heavy atom. The number of nitrogens with zero attached hydrogens (tertiary/aromatic N) is 1. The maximum Gasteiger partial charge on any atom is 0.0608 e. The van der Waals surface area contributed by atoms with Crippen LogP contribution in [0.15, 0.2) is 0 Å². The first-order valence-corrected chi connectivity index (χ1v) is 7.13. The summed E-state index contributed by atoms with van der Waals surface area (Å²) in [6.45, 7) is 7.13. The number of aliphatic hydroxyl groups is 1. The van der Waals surface area contributed by atoms with Gasteiger partial charge in [-0.2, -0.15) is 0 Å². The molecule has 0 aromatic rings. The Bertz CT molecular complexity index is 230. The average Bonchev–Trinajstić information content (AvgIpc) is 3.16. The summed E-state index contributed by atoms with van der Waals surface area (Å²) in [4.78, 5) is 2.51. The van der Waals surface area contributed by atoms with Crippen molar-refractivity contribution in [3.8, 4) is 0 Å². The largest absolute Gasteiger partial charge is 0.394 e. The molecule has 0 saturated heterocycles. The Hall–Kier alpha value is -0.160. The van der Waals surface area contributed by atoms with Crippen molar-refractivity contribution >= 4 is 0 Å². The lowest BCUT2D eigenvalue weighted by atomic mass is 9.98. The van der Waals surface area contributed by atoms with Crippen molar-refractivity contribution in [3.05, 3.63) is 0 Å². The lowest BCUT2D eigenvalue weighted by Crippen LogP contribution is -2.42. The highest BCUT2D eigenvalue weighted by molar-refractivity contribution is 4.86. The number of aliphatic hydroxyl groups excluding tert-OH is 1. The van der Waals surface area contributed by atoms with E-state index in [4.69, 9.17) is 15.6 Å². The molecule has 0 radical (unpaired) electrons. The first kappa shape index (κ1) is 15.9. The molecule has 4 heteroatoms. The lowest BCUT2D eigenvalue weighted by molar-refractivity contribution is 0.111. The topological polar surface area (TPSA) is 58.7 Å². The maximum absolute atomic E-state index is 9.15. The van der Waals surface area contributed by atoms with Crippen molar-refractivity contribution in [3.63, 3.8) is 0 Å². The molecule has 4 nitrogen and oxygen atoms in total. The zero-order chi connectivity index (χ0) is 13.6. The van der Waals surface area contributed by atoms with Crippen molar-refractivity contribution in [1.29, 1.82) is 0 Å². The van der Waals surface area contributed by atoms with E-state index in [2.05, 4.69) is 11.8 Å². The fraction of sp³-hybridized carbons (Fsp3) is 1.00. The van der Waals surface area contributed by atoms with Gasteiger partial charge in [-0.15, -0.1) is 0 Å². The Morgan fingerprint density at radius 1 is 1.44 bits per heavy atom. The van der Waals surface area contributed by atoms with E-state index in [9.17, 15) is 0 Å². The normalized spacial score (nSPS) is 21.0. The number of rotatable bonds is 10. The van der Waals surface area contributed by atoms with Gasteiger partial charge in [0.05, 0.1) is 13.2 Å². The molecule has 1 rings (SSSR count). The molecular formula is C14H30N2O2. The molecule has 0 aliphatic heterocycles. The van der Waals surface area contributed by atoms with Crippen molar-refractivity contribution in [2.24, 2.45) is 11.7 Å². The first-order chi connectivity index (χ1) is 8.50. The van der Waals surface area contributed by atoms with Gasteiger partial charge in [0, 0.05) is 25.2 Å². The fourth-order valence-corrected chi connectivity index (χ4v) is 2.37. The van der Waals surface area contributed by atoms with E-state index in [-0.39, 0.29) is 6.61 Å². The smallest absolute Gasteiger partial charge is 0.0608 e. The van der Waals surface area contributed by atoms with Gasteiger partial charge < -0.3 is 15.6 Å². The summed E-state index contributed by atoms with van der Waals surface area (Å²) in [5, 5.41) is 9.15. The highest BCUT2D eigenvalue weighted by Gasteiger charge is 2.31. The molecule has 1 aliphatic carbocycles. The zero-order valence-corrected chi connectivity index (χ0v) is 12.2. The third-order valence-electron chi connectivity index (χ3n) is 4.02. The minimum absolute atomic E-state index is 0.0588. The molecule has 1 fully saturated rings. The molecule has 0 amide bonds. The second-order valence-electron chi connectivity index (χ2n) is 6.02. The predicted molar refractivity (Wildman–Crippen MR) is 74.5 cm³/mol. The van der Waals surface area contributed by atoms with Gasteiger partial charge in [-0.25, -0.2) is 0 Å². The fourth-order valence-electron chi connectivity index (χ4n) is 2.37. The van der Waals surface area contributed by atoms with Crippen LogP contribution < -0.4 is 5.73 Å². The van der Waals surface area contributed by atoms with Gasteiger partial charge in [-0.05, 0) is 52.0 Å². The van der Waals surface area contributed by atoms with Crippen LogP contribution in [0.3, 0.4) is 0 Å². The van der Waals surface area contributed by atoms with Crippen LogP contribution in [0.4, 0.5) is 0 Å². The van der Waals surface area contributed by atoms with Crippen LogP contribution in [0.25, 0.3) is 0 Å². The number of methoxy groups -OCH3 is 1. The van der Waals surface area contributed by atoms with Crippen LogP contribution >= 0.6 is 0 Å². The van der Waals surface area contributed by atoms with E-state index in [0.717, 1.165) is 38.5 Å². The molecule has 2 unspecified atom stereocenters. The quantitative estimate of drug-likeness (QED) is 0.618. The molecular weight excluding hydrogens is 228 g/mol. The predicted octanol–water partition coefficient (Wildman–Crippen LogP) is 1.22. The molecule has 0 spiro atoms. The van der Waals surface area contributed by atoms with Crippen molar-refractivity contribution in [2.45, 2.75) is 51.1 Å². The molecule has 1 saturated carbocycles. The zero-order valence-electron chi connectivity index (χ0n) is 12.2. The molecule has 0 aromatic heterocycles. The van der Waals surface area contributed by atoms with E-state index < -0.39 is 5.54 Å². The Kier molecular flexibility index (Phi) is 6.57. The van der Waals surface area contributed by atoms with Gasteiger partial charge in [0.2, 0.25) is 0 Å². The highest BCUT2D eigenvalue weighted by Crippen LogP contribution is 2.35. The number of nitrogens with two attached hydrogens (primary N) is 1. The Labute approximate surface area is 111 Å². The SMILES string of the molecule is COCCN(CCCC(C)(N)CO)C(C)C1CC1. The van der Waals surface area contributed by atoms with Crippen LogP contribution in [0.1, 0.15) is 39.5 Å². The van der Waals surface area contributed by atoms with Gasteiger partial charge in [0.1, 0.15) is 0 Å². The molecule has 1 aliphatic rings. The molecule has 2 atom stereocenters. The number of ether oxygens (including phenoxy) is 1. The minimum atomic E-state index is -0.435. The van der Waals surface area contributed by atoms with E-state index in [1.807, 2.05) is 6.92 Å². The molecule has 3 N–H and O–H groups in total. The van der Waals surface area contributed by atoms with Crippen LogP contribution in [0.5, 0.6) is 0 Å². The summed E-state index contributed by atoms with van der Waals surface area (Å²) in [5.41, 5.74) is 5.52. The second kappa shape index (κ2) is 7.43. The summed E-state index contributed by atoms with van der Waals surface area (Å²) in [6, 6.07) is 0.651. The molecule has 18 heavy (non-hydrogen) atoms. The summed E-state index contributed by atoms with van der Waals surface area (Å²) in [6.07, 6.45) is 4.64. The van der Waals surface area contributed by atoms with Gasteiger partial charge in [0.15, 0.2) is 0 Å². The molecule has 0 heterocycles. The van der Waals surface area contributed by atoms with Crippen LogP contribution in [0.2, 0.25) is 0 Å². The van der Waals surface area contributed by atoms with Gasteiger partial charge in [-0.1, -0.05) is 0 Å². The van der Waals surface area contributed by atoms with E-state index in [0.29, 0.717) is 6.04 Å². The van der Waals surface area contributed by atoms with Crippen molar-refractivity contribution < 1.29 is 9.84 Å².